The molecule has 1 saturated carbocycles. The normalized spacial score (nSPS) is 21.3. The van der Waals surface area contributed by atoms with Crippen molar-refractivity contribution < 1.29 is 4.42 Å². The number of nitrogens with zero attached hydrogens (tertiary/aromatic N) is 2. The molecule has 2 unspecified atom stereocenters. The summed E-state index contributed by atoms with van der Waals surface area (Å²) in [7, 11) is 0. The monoisotopic (exact) mass is 582 g/mol. The van der Waals surface area contributed by atoms with Gasteiger partial charge < -0.3 is 14.2 Å². The minimum atomic E-state index is -0.0143. The molecule has 8 rings (SSSR count). The van der Waals surface area contributed by atoms with E-state index in [4.69, 9.17) is 16.0 Å². The molecule has 0 amide bonds. The number of furan rings is 1. The van der Waals surface area contributed by atoms with E-state index in [0.29, 0.717) is 5.02 Å². The Bertz CT molecular complexity index is 2030. The Kier molecular flexibility index (Phi) is 5.93. The Morgan fingerprint density at radius 3 is 2.40 bits per heavy atom. The lowest BCUT2D eigenvalue weighted by atomic mass is 9.61. The van der Waals surface area contributed by atoms with Crippen molar-refractivity contribution >= 4 is 62.0 Å². The summed E-state index contributed by atoms with van der Waals surface area (Å²) in [6.45, 7) is 7.18. The van der Waals surface area contributed by atoms with Gasteiger partial charge in [-0.3, -0.25) is 0 Å². The van der Waals surface area contributed by atoms with Gasteiger partial charge in [0.1, 0.15) is 5.58 Å². The van der Waals surface area contributed by atoms with Crippen LogP contribution < -0.4 is 9.80 Å². The number of halogens is 1. The van der Waals surface area contributed by atoms with Gasteiger partial charge in [-0.1, -0.05) is 86.0 Å². The van der Waals surface area contributed by atoms with Crippen molar-refractivity contribution in [3.05, 3.63) is 125 Å². The molecule has 4 heteroatoms. The maximum atomic E-state index is 6.62. The largest absolute Gasteiger partial charge is 0.454 e. The molecule has 0 radical (unpaired) electrons. The van der Waals surface area contributed by atoms with E-state index in [2.05, 4.69) is 109 Å². The van der Waals surface area contributed by atoms with E-state index in [1.165, 1.54) is 41.8 Å². The Balaban J connectivity index is 1.37. The van der Waals surface area contributed by atoms with Crippen LogP contribution in [0.3, 0.4) is 0 Å². The molecule has 43 heavy (non-hydrogen) atoms. The van der Waals surface area contributed by atoms with Crippen molar-refractivity contribution in [1.82, 2.24) is 0 Å². The van der Waals surface area contributed by atoms with Gasteiger partial charge >= 0.3 is 0 Å². The van der Waals surface area contributed by atoms with E-state index in [0.717, 1.165) is 45.4 Å². The number of hydrogen-bond acceptors (Lipinski definition) is 3. The van der Waals surface area contributed by atoms with Crippen molar-refractivity contribution in [2.75, 3.05) is 9.80 Å². The third-order valence-corrected chi connectivity index (χ3v) is 10.5. The van der Waals surface area contributed by atoms with Crippen LogP contribution in [0.5, 0.6) is 0 Å². The zero-order valence-electron chi connectivity index (χ0n) is 24.9. The predicted octanol–water partition coefficient (Wildman–Crippen LogP) is 11.8. The second kappa shape index (κ2) is 9.65. The molecular formula is C39H35ClN2O. The van der Waals surface area contributed by atoms with Crippen LogP contribution in [0.15, 0.2) is 114 Å². The van der Waals surface area contributed by atoms with Gasteiger partial charge in [0.2, 0.25) is 0 Å². The number of anilines is 5. The molecular weight excluding hydrogens is 548 g/mol. The molecule has 0 spiro atoms. The molecule has 5 aromatic carbocycles. The van der Waals surface area contributed by atoms with Crippen LogP contribution in [0.2, 0.25) is 5.02 Å². The van der Waals surface area contributed by atoms with Crippen molar-refractivity contribution in [2.45, 2.75) is 57.4 Å². The fraction of sp³-hybridized carbons (Fsp3) is 0.231. The first-order valence-corrected chi connectivity index (χ1v) is 15.7. The molecule has 1 aliphatic carbocycles. The smallest absolute Gasteiger partial charge is 0.159 e. The van der Waals surface area contributed by atoms with E-state index in [1.807, 2.05) is 30.3 Å². The second-order valence-corrected chi connectivity index (χ2v) is 13.2. The van der Waals surface area contributed by atoms with Crippen LogP contribution in [-0.4, -0.2) is 5.54 Å². The standard InChI is InChI=1S/C39H35ClN2O/c1-26-22-29(25-30(23-26)42-34-17-6-5-16-33(34)38(2)20-8-9-21-39(38,42)3)41(28-13-10-12-27(40)24-28)35-18-11-15-32-31-14-4-7-19-36(31)43-37(32)35/h4-7,10-19,22-25H,8-9,20-21H2,1-3H3. The summed E-state index contributed by atoms with van der Waals surface area (Å²) < 4.78 is 6.56. The molecule has 2 aliphatic rings. The second-order valence-electron chi connectivity index (χ2n) is 12.8. The number of rotatable bonds is 4. The average Bonchev–Trinajstić information content (AvgIpc) is 3.48. The zero-order chi connectivity index (χ0) is 29.3. The Labute approximate surface area is 258 Å². The van der Waals surface area contributed by atoms with Crippen LogP contribution >= 0.6 is 11.6 Å². The van der Waals surface area contributed by atoms with E-state index >= 15 is 0 Å². The molecule has 2 heterocycles. The molecule has 1 aliphatic heterocycles. The molecule has 0 N–H and O–H groups in total. The highest BCUT2D eigenvalue weighted by atomic mass is 35.5. The Morgan fingerprint density at radius 1 is 0.744 bits per heavy atom. The lowest BCUT2D eigenvalue weighted by Gasteiger charge is -2.50. The first kappa shape index (κ1) is 26.4. The quantitative estimate of drug-likeness (QED) is 0.206. The van der Waals surface area contributed by atoms with Gasteiger partial charge in [0.25, 0.3) is 0 Å². The molecule has 1 fully saturated rings. The topological polar surface area (TPSA) is 19.6 Å². The number of fused-ring (bicyclic) bond motifs is 6. The van der Waals surface area contributed by atoms with Crippen molar-refractivity contribution in [1.29, 1.82) is 0 Å². The third kappa shape index (κ3) is 3.87. The highest BCUT2D eigenvalue weighted by Crippen LogP contribution is 2.61. The summed E-state index contributed by atoms with van der Waals surface area (Å²) in [5.74, 6) is 0. The van der Waals surface area contributed by atoms with E-state index in [1.54, 1.807) is 0 Å². The Morgan fingerprint density at radius 2 is 1.51 bits per heavy atom. The summed E-state index contributed by atoms with van der Waals surface area (Å²) in [4.78, 5) is 4.95. The molecule has 214 valence electrons. The molecule has 3 nitrogen and oxygen atoms in total. The van der Waals surface area contributed by atoms with E-state index in [9.17, 15) is 0 Å². The van der Waals surface area contributed by atoms with Crippen LogP contribution in [-0.2, 0) is 5.41 Å². The third-order valence-electron chi connectivity index (χ3n) is 10.3. The maximum Gasteiger partial charge on any atom is 0.159 e. The summed E-state index contributed by atoms with van der Waals surface area (Å²) in [6.07, 6.45) is 4.89. The number of aryl methyl sites for hydroxylation is 1. The summed E-state index contributed by atoms with van der Waals surface area (Å²) in [5, 5.41) is 2.92. The van der Waals surface area contributed by atoms with Gasteiger partial charge in [0, 0.05) is 44.0 Å². The summed E-state index contributed by atoms with van der Waals surface area (Å²) in [6, 6.07) is 38.9. The average molecular weight is 583 g/mol. The molecule has 0 saturated heterocycles. The van der Waals surface area contributed by atoms with Crippen LogP contribution in [0.25, 0.3) is 21.9 Å². The SMILES string of the molecule is Cc1cc(N(c2cccc(Cl)c2)c2cccc3c2oc2ccccc23)cc(N2c3ccccc3C3(C)CCCCC23C)c1. The zero-order valence-corrected chi connectivity index (χ0v) is 25.7. The first-order valence-electron chi connectivity index (χ1n) is 15.3. The van der Waals surface area contributed by atoms with E-state index < -0.39 is 0 Å². The van der Waals surface area contributed by atoms with Crippen LogP contribution in [0.4, 0.5) is 28.4 Å². The molecule has 0 bridgehead atoms. The summed E-state index contributed by atoms with van der Waals surface area (Å²) in [5.41, 5.74) is 10.1. The van der Waals surface area contributed by atoms with Crippen molar-refractivity contribution in [2.24, 2.45) is 0 Å². The van der Waals surface area contributed by atoms with E-state index in [-0.39, 0.29) is 11.0 Å². The van der Waals surface area contributed by atoms with Crippen molar-refractivity contribution in [3.63, 3.8) is 0 Å². The van der Waals surface area contributed by atoms with Gasteiger partial charge in [-0.25, -0.2) is 0 Å². The van der Waals surface area contributed by atoms with Gasteiger partial charge in [0.05, 0.1) is 11.2 Å². The highest BCUT2D eigenvalue weighted by Gasteiger charge is 2.57. The fourth-order valence-electron chi connectivity index (χ4n) is 8.05. The number of para-hydroxylation sites is 3. The molecule has 2 atom stereocenters. The lowest BCUT2D eigenvalue weighted by molar-refractivity contribution is 0.195. The van der Waals surface area contributed by atoms with Gasteiger partial charge in [-0.15, -0.1) is 0 Å². The van der Waals surface area contributed by atoms with Gasteiger partial charge in [0.15, 0.2) is 5.58 Å². The maximum absolute atomic E-state index is 6.62. The first-order chi connectivity index (χ1) is 20.9. The van der Waals surface area contributed by atoms with Crippen LogP contribution in [0, 0.1) is 6.92 Å². The summed E-state index contributed by atoms with van der Waals surface area (Å²) >= 11 is 6.62. The molecule has 1 aromatic heterocycles. The highest BCUT2D eigenvalue weighted by molar-refractivity contribution is 6.31. The number of benzene rings is 5. The minimum Gasteiger partial charge on any atom is -0.454 e. The molecule has 6 aromatic rings. The number of hydrogen-bond donors (Lipinski definition) is 0. The van der Waals surface area contributed by atoms with Gasteiger partial charge in [-0.05, 0) is 92.4 Å². The predicted molar refractivity (Wildman–Crippen MR) is 181 cm³/mol. The van der Waals surface area contributed by atoms with Gasteiger partial charge in [-0.2, -0.15) is 0 Å². The Hall–Kier alpha value is -4.21. The lowest BCUT2D eigenvalue weighted by Crippen LogP contribution is -2.54. The fourth-order valence-corrected chi connectivity index (χ4v) is 8.24. The van der Waals surface area contributed by atoms with Crippen LogP contribution in [0.1, 0.15) is 50.7 Å². The van der Waals surface area contributed by atoms with Crippen molar-refractivity contribution in [3.8, 4) is 0 Å². The minimum absolute atomic E-state index is 0.0143.